The van der Waals surface area contributed by atoms with Crippen LogP contribution in [0.3, 0.4) is 0 Å². The quantitative estimate of drug-likeness (QED) is 0.665. The maximum absolute atomic E-state index is 4.37. The van der Waals surface area contributed by atoms with E-state index in [1.54, 1.807) is 11.3 Å². The molecule has 0 saturated carbocycles. The van der Waals surface area contributed by atoms with Crippen molar-refractivity contribution in [2.75, 3.05) is 5.43 Å². The lowest BCUT2D eigenvalue weighted by Gasteiger charge is -2.04. The first-order valence-corrected chi connectivity index (χ1v) is 7.21. The summed E-state index contributed by atoms with van der Waals surface area (Å²) in [6, 6.07) is 8.45. The number of nitrogens with zero attached hydrogens (tertiary/aromatic N) is 2. The summed E-state index contributed by atoms with van der Waals surface area (Å²) in [5, 5.41) is 5.05. The number of anilines is 1. The summed E-state index contributed by atoms with van der Waals surface area (Å²) < 4.78 is 0. The summed E-state index contributed by atoms with van der Waals surface area (Å²) in [7, 11) is 0. The van der Waals surface area contributed by atoms with E-state index >= 15 is 0 Å². The van der Waals surface area contributed by atoms with Gasteiger partial charge < -0.3 is 0 Å². The second kappa shape index (κ2) is 5.97. The van der Waals surface area contributed by atoms with Gasteiger partial charge in [0, 0.05) is 4.88 Å². The molecule has 0 atom stereocenters. The SMILES string of the molecule is Cc1nc(N/N=C/c2ccc(C(C)C)cc2)sc1C. The fourth-order valence-corrected chi connectivity index (χ4v) is 2.41. The number of aromatic nitrogens is 1. The second-order valence-electron chi connectivity index (χ2n) is 4.85. The minimum absolute atomic E-state index is 0.561. The molecule has 0 bridgehead atoms. The molecule has 0 aliphatic rings. The smallest absolute Gasteiger partial charge is 0.203 e. The highest BCUT2D eigenvalue weighted by molar-refractivity contribution is 7.15. The van der Waals surface area contributed by atoms with Crippen LogP contribution in [-0.4, -0.2) is 11.2 Å². The molecule has 2 rings (SSSR count). The zero-order valence-corrected chi connectivity index (χ0v) is 12.6. The van der Waals surface area contributed by atoms with Crippen LogP contribution in [0.2, 0.25) is 0 Å². The third kappa shape index (κ3) is 3.64. The Morgan fingerprint density at radius 3 is 2.42 bits per heavy atom. The van der Waals surface area contributed by atoms with Gasteiger partial charge in [-0.05, 0) is 30.9 Å². The van der Waals surface area contributed by atoms with Gasteiger partial charge in [0.25, 0.3) is 0 Å². The number of hydrazone groups is 1. The number of thiazole rings is 1. The highest BCUT2D eigenvalue weighted by Crippen LogP contribution is 2.20. The van der Waals surface area contributed by atoms with Gasteiger partial charge in [0.05, 0.1) is 11.9 Å². The maximum Gasteiger partial charge on any atom is 0.203 e. The number of benzene rings is 1. The molecule has 3 nitrogen and oxygen atoms in total. The first-order chi connectivity index (χ1) is 9.06. The van der Waals surface area contributed by atoms with Gasteiger partial charge in [-0.1, -0.05) is 38.1 Å². The van der Waals surface area contributed by atoms with Gasteiger partial charge in [-0.3, -0.25) is 5.43 Å². The summed E-state index contributed by atoms with van der Waals surface area (Å²) in [4.78, 5) is 5.59. The van der Waals surface area contributed by atoms with Crippen LogP contribution in [0.4, 0.5) is 5.13 Å². The van der Waals surface area contributed by atoms with Crippen molar-refractivity contribution in [2.45, 2.75) is 33.6 Å². The van der Waals surface area contributed by atoms with Gasteiger partial charge in [-0.15, -0.1) is 11.3 Å². The Balaban J connectivity index is 1.98. The van der Waals surface area contributed by atoms with Crippen molar-refractivity contribution in [2.24, 2.45) is 5.10 Å². The van der Waals surface area contributed by atoms with E-state index in [0.29, 0.717) is 5.92 Å². The Kier molecular flexibility index (Phi) is 4.32. The Labute approximate surface area is 118 Å². The van der Waals surface area contributed by atoms with Gasteiger partial charge >= 0.3 is 0 Å². The average Bonchev–Trinajstić information content (AvgIpc) is 2.69. The molecule has 19 heavy (non-hydrogen) atoms. The monoisotopic (exact) mass is 273 g/mol. The van der Waals surface area contributed by atoms with Crippen molar-refractivity contribution in [3.63, 3.8) is 0 Å². The van der Waals surface area contributed by atoms with Crippen molar-refractivity contribution in [1.29, 1.82) is 0 Å². The average molecular weight is 273 g/mol. The summed E-state index contributed by atoms with van der Waals surface area (Å²) in [6.07, 6.45) is 1.82. The normalized spacial score (nSPS) is 11.4. The lowest BCUT2D eigenvalue weighted by Crippen LogP contribution is -1.91. The number of hydrogen-bond donors (Lipinski definition) is 1. The molecule has 1 heterocycles. The minimum atomic E-state index is 0.561. The van der Waals surface area contributed by atoms with Crippen molar-refractivity contribution in [3.8, 4) is 0 Å². The number of nitrogens with one attached hydrogen (secondary N) is 1. The van der Waals surface area contributed by atoms with E-state index in [4.69, 9.17) is 0 Å². The molecule has 0 aliphatic heterocycles. The molecule has 0 radical (unpaired) electrons. The first kappa shape index (κ1) is 13.7. The summed E-state index contributed by atoms with van der Waals surface area (Å²) >= 11 is 1.62. The van der Waals surface area contributed by atoms with Gasteiger partial charge in [0.15, 0.2) is 0 Å². The molecule has 0 spiro atoms. The molecule has 2 aromatic rings. The van der Waals surface area contributed by atoms with E-state index in [9.17, 15) is 0 Å². The topological polar surface area (TPSA) is 37.3 Å². The predicted molar refractivity (Wildman–Crippen MR) is 83.3 cm³/mol. The minimum Gasteiger partial charge on any atom is -0.253 e. The third-order valence-corrected chi connectivity index (χ3v) is 3.98. The number of rotatable bonds is 4. The Bertz CT molecular complexity index is 548. The molecule has 0 amide bonds. The first-order valence-electron chi connectivity index (χ1n) is 6.39. The molecule has 4 heteroatoms. The molecule has 1 N–H and O–H groups in total. The molecule has 0 aliphatic carbocycles. The fourth-order valence-electron chi connectivity index (χ4n) is 1.65. The molecule has 0 unspecified atom stereocenters. The lowest BCUT2D eigenvalue weighted by molar-refractivity contribution is 0.866. The van der Waals surface area contributed by atoms with E-state index in [1.165, 1.54) is 10.4 Å². The van der Waals surface area contributed by atoms with Crippen LogP contribution in [-0.2, 0) is 0 Å². The molecular formula is C15H19N3S. The zero-order chi connectivity index (χ0) is 13.8. The van der Waals surface area contributed by atoms with Crippen LogP contribution in [0, 0.1) is 13.8 Å². The Morgan fingerprint density at radius 1 is 1.21 bits per heavy atom. The standard InChI is InChI=1S/C15H19N3S/c1-10(2)14-7-5-13(6-8-14)9-16-18-15-17-11(3)12(4)19-15/h5-10H,1-4H3,(H,17,18)/b16-9+. The summed E-state index contributed by atoms with van der Waals surface area (Å²) in [5.41, 5.74) is 6.46. The highest BCUT2D eigenvalue weighted by Gasteiger charge is 2.01. The lowest BCUT2D eigenvalue weighted by atomic mass is 10.0. The second-order valence-corrected chi connectivity index (χ2v) is 6.06. The van der Waals surface area contributed by atoms with E-state index in [2.05, 4.69) is 60.5 Å². The molecule has 1 aromatic carbocycles. The van der Waals surface area contributed by atoms with Gasteiger partial charge in [0.1, 0.15) is 0 Å². The number of aryl methyl sites for hydroxylation is 2. The maximum atomic E-state index is 4.37. The number of hydrogen-bond acceptors (Lipinski definition) is 4. The predicted octanol–water partition coefficient (Wildman–Crippen LogP) is 4.33. The summed E-state index contributed by atoms with van der Waals surface area (Å²) in [6.45, 7) is 8.45. The third-order valence-electron chi connectivity index (χ3n) is 3.01. The molecule has 0 fully saturated rings. The van der Waals surface area contributed by atoms with Crippen molar-refractivity contribution >= 4 is 22.7 Å². The van der Waals surface area contributed by atoms with Crippen LogP contribution in [0.1, 0.15) is 41.5 Å². The van der Waals surface area contributed by atoms with Crippen LogP contribution in [0.25, 0.3) is 0 Å². The summed E-state index contributed by atoms with van der Waals surface area (Å²) in [5.74, 6) is 0.561. The van der Waals surface area contributed by atoms with Crippen LogP contribution >= 0.6 is 11.3 Å². The van der Waals surface area contributed by atoms with Crippen LogP contribution in [0.15, 0.2) is 29.4 Å². The van der Waals surface area contributed by atoms with E-state index in [-0.39, 0.29) is 0 Å². The highest BCUT2D eigenvalue weighted by atomic mass is 32.1. The molecule has 100 valence electrons. The van der Waals surface area contributed by atoms with Crippen LogP contribution in [0.5, 0.6) is 0 Å². The van der Waals surface area contributed by atoms with E-state index in [1.807, 2.05) is 13.1 Å². The van der Waals surface area contributed by atoms with E-state index in [0.717, 1.165) is 16.4 Å². The van der Waals surface area contributed by atoms with Crippen molar-refractivity contribution in [1.82, 2.24) is 4.98 Å². The Morgan fingerprint density at radius 2 is 1.89 bits per heavy atom. The fraction of sp³-hybridized carbons (Fsp3) is 0.333. The molecule has 0 saturated heterocycles. The molecular weight excluding hydrogens is 254 g/mol. The zero-order valence-electron chi connectivity index (χ0n) is 11.8. The van der Waals surface area contributed by atoms with Gasteiger partial charge in [-0.2, -0.15) is 5.10 Å². The van der Waals surface area contributed by atoms with Gasteiger partial charge in [-0.25, -0.2) is 4.98 Å². The largest absolute Gasteiger partial charge is 0.253 e. The van der Waals surface area contributed by atoms with Gasteiger partial charge in [0.2, 0.25) is 5.13 Å². The van der Waals surface area contributed by atoms with E-state index < -0.39 is 0 Å². The van der Waals surface area contributed by atoms with Crippen molar-refractivity contribution < 1.29 is 0 Å². The van der Waals surface area contributed by atoms with Crippen molar-refractivity contribution in [3.05, 3.63) is 46.0 Å². The molecule has 1 aromatic heterocycles. The Hall–Kier alpha value is -1.68. The van der Waals surface area contributed by atoms with Crippen LogP contribution < -0.4 is 5.43 Å².